The number of carbonyl (C=O) groups excluding carboxylic acids is 2. The van der Waals surface area contributed by atoms with Crippen molar-refractivity contribution in [1.82, 2.24) is 0 Å². The number of esters is 2. The number of carbonyl (C=O) groups is 2. The quantitative estimate of drug-likeness (QED) is 0.375. The van der Waals surface area contributed by atoms with Crippen LogP contribution in [0, 0.1) is 0 Å². The highest BCUT2D eigenvalue weighted by molar-refractivity contribution is 5.94. The molecule has 0 heterocycles. The van der Waals surface area contributed by atoms with Crippen molar-refractivity contribution in [3.8, 4) is 0 Å². The molecule has 1 N–H and O–H groups in total. The molecule has 0 aliphatic carbocycles. The van der Waals surface area contributed by atoms with Gasteiger partial charge in [-0.1, -0.05) is 0 Å². The number of hydrogen-bond acceptors (Lipinski definition) is 5. The number of methoxy groups -OCH3 is 1. The van der Waals surface area contributed by atoms with Crippen molar-refractivity contribution in [1.29, 1.82) is 0 Å². The maximum absolute atomic E-state index is 10.6. The molecular weight excluding hydrogens is 164 g/mol. The Hall–Kier alpha value is -1.52. The molecule has 0 saturated heterocycles. The van der Waals surface area contributed by atoms with Gasteiger partial charge < -0.3 is 14.6 Å². The normalized spacial score (nSPS) is 10.7. The molecule has 68 valence electrons. The van der Waals surface area contributed by atoms with Gasteiger partial charge in [0, 0.05) is 0 Å². The van der Waals surface area contributed by atoms with Crippen LogP contribution in [0.1, 0.15) is 6.92 Å². The van der Waals surface area contributed by atoms with Crippen LogP contribution in [-0.4, -0.2) is 30.8 Å². The summed E-state index contributed by atoms with van der Waals surface area (Å²) < 4.78 is 8.55. The lowest BCUT2D eigenvalue weighted by atomic mass is 10.4. The minimum Gasteiger partial charge on any atom is -0.502 e. The number of aliphatic hydroxyl groups is 1. The fourth-order valence-corrected chi connectivity index (χ4v) is 0.459. The van der Waals surface area contributed by atoms with Crippen molar-refractivity contribution in [3.05, 3.63) is 11.8 Å². The van der Waals surface area contributed by atoms with Crippen LogP contribution in [0.5, 0.6) is 0 Å². The molecule has 0 aliphatic heterocycles. The van der Waals surface area contributed by atoms with E-state index in [0.29, 0.717) is 6.08 Å². The number of aliphatic hydroxyl groups excluding tert-OH is 1. The Morgan fingerprint density at radius 1 is 1.50 bits per heavy atom. The Labute approximate surface area is 69.6 Å². The Morgan fingerprint density at radius 3 is 2.50 bits per heavy atom. The predicted molar refractivity (Wildman–Crippen MR) is 39.4 cm³/mol. The highest BCUT2D eigenvalue weighted by Gasteiger charge is 2.09. The minimum atomic E-state index is -0.969. The standard InChI is InChI=1S/C7H10O5/c1-3-12-6(9)4-5(8)7(10)11-2/h4,8H,3H2,1-2H3. The van der Waals surface area contributed by atoms with Crippen molar-refractivity contribution < 1.29 is 24.2 Å². The molecule has 5 heteroatoms. The van der Waals surface area contributed by atoms with E-state index in [-0.39, 0.29) is 6.61 Å². The summed E-state index contributed by atoms with van der Waals surface area (Å²) in [6.07, 6.45) is 0.662. The fraction of sp³-hybridized carbons (Fsp3) is 0.429. The lowest BCUT2D eigenvalue weighted by Crippen LogP contribution is -2.08. The second-order valence-electron chi connectivity index (χ2n) is 1.77. The molecule has 0 rings (SSSR count). The first-order valence-electron chi connectivity index (χ1n) is 3.27. The molecule has 0 aliphatic rings. The van der Waals surface area contributed by atoms with Gasteiger partial charge in [0.15, 0.2) is 0 Å². The molecule has 0 amide bonds. The van der Waals surface area contributed by atoms with Crippen molar-refractivity contribution >= 4 is 11.9 Å². The van der Waals surface area contributed by atoms with E-state index in [1.54, 1.807) is 6.92 Å². The highest BCUT2D eigenvalue weighted by atomic mass is 16.5. The molecule has 0 atom stereocenters. The zero-order valence-corrected chi connectivity index (χ0v) is 6.86. The van der Waals surface area contributed by atoms with Gasteiger partial charge in [-0.3, -0.25) is 0 Å². The van der Waals surface area contributed by atoms with E-state index >= 15 is 0 Å². The molecule has 5 nitrogen and oxygen atoms in total. The lowest BCUT2D eigenvalue weighted by molar-refractivity contribution is -0.141. The maximum Gasteiger partial charge on any atom is 0.373 e. The van der Waals surface area contributed by atoms with Crippen LogP contribution < -0.4 is 0 Å². The third-order valence-electron chi connectivity index (χ3n) is 0.936. The van der Waals surface area contributed by atoms with Gasteiger partial charge in [-0.25, -0.2) is 9.59 Å². The van der Waals surface area contributed by atoms with E-state index in [0.717, 1.165) is 7.11 Å². The summed E-state index contributed by atoms with van der Waals surface area (Å²) >= 11 is 0. The van der Waals surface area contributed by atoms with E-state index in [2.05, 4.69) is 9.47 Å². The molecule has 0 unspecified atom stereocenters. The van der Waals surface area contributed by atoms with Crippen LogP contribution in [0.15, 0.2) is 11.8 Å². The summed E-state index contributed by atoms with van der Waals surface area (Å²) in [6.45, 7) is 1.80. The molecule has 12 heavy (non-hydrogen) atoms. The Kier molecular flexibility index (Phi) is 4.52. The zero-order valence-electron chi connectivity index (χ0n) is 6.86. The number of ether oxygens (including phenoxy) is 2. The van der Waals surface area contributed by atoms with Gasteiger partial charge in [-0.15, -0.1) is 0 Å². The first kappa shape index (κ1) is 10.5. The minimum absolute atomic E-state index is 0.184. The summed E-state index contributed by atoms with van der Waals surface area (Å²) in [4.78, 5) is 21.1. The van der Waals surface area contributed by atoms with Crippen LogP contribution in [-0.2, 0) is 19.1 Å². The van der Waals surface area contributed by atoms with Crippen LogP contribution in [0.3, 0.4) is 0 Å². The molecule has 0 aromatic carbocycles. The van der Waals surface area contributed by atoms with E-state index in [1.165, 1.54) is 0 Å². The molecule has 0 saturated carbocycles. The van der Waals surface area contributed by atoms with Crippen molar-refractivity contribution in [2.24, 2.45) is 0 Å². The van der Waals surface area contributed by atoms with Crippen LogP contribution in [0.2, 0.25) is 0 Å². The topological polar surface area (TPSA) is 72.8 Å². The van der Waals surface area contributed by atoms with E-state index in [9.17, 15) is 9.59 Å². The van der Waals surface area contributed by atoms with Crippen LogP contribution in [0.4, 0.5) is 0 Å². The average molecular weight is 174 g/mol. The zero-order chi connectivity index (χ0) is 9.56. The SMILES string of the molecule is CCOC(=O)C=C(O)C(=O)OC. The smallest absolute Gasteiger partial charge is 0.373 e. The van der Waals surface area contributed by atoms with E-state index in [4.69, 9.17) is 5.11 Å². The van der Waals surface area contributed by atoms with Gasteiger partial charge in [-0.2, -0.15) is 0 Å². The molecule has 0 aromatic rings. The van der Waals surface area contributed by atoms with Crippen LogP contribution in [0.25, 0.3) is 0 Å². The molecule has 0 radical (unpaired) electrons. The molecule has 0 bridgehead atoms. The van der Waals surface area contributed by atoms with Gasteiger partial charge in [0.2, 0.25) is 5.76 Å². The van der Waals surface area contributed by atoms with Gasteiger partial charge in [0.1, 0.15) is 0 Å². The molecular formula is C7H10O5. The predicted octanol–water partition coefficient (Wildman–Crippen LogP) is 0.164. The summed E-state index contributed by atoms with van der Waals surface area (Å²) in [5, 5.41) is 8.80. The first-order valence-corrected chi connectivity index (χ1v) is 3.27. The third kappa shape index (κ3) is 3.60. The van der Waals surface area contributed by atoms with E-state index in [1.807, 2.05) is 0 Å². The summed E-state index contributed by atoms with van der Waals surface area (Å²) in [7, 11) is 1.09. The average Bonchev–Trinajstić information content (AvgIpc) is 2.03. The van der Waals surface area contributed by atoms with Gasteiger partial charge in [-0.05, 0) is 6.92 Å². The number of hydrogen-bond donors (Lipinski definition) is 1. The Morgan fingerprint density at radius 2 is 2.08 bits per heavy atom. The van der Waals surface area contributed by atoms with Gasteiger partial charge in [0.25, 0.3) is 0 Å². The van der Waals surface area contributed by atoms with Gasteiger partial charge in [0.05, 0.1) is 19.8 Å². The molecule has 0 fully saturated rings. The summed E-state index contributed by atoms with van der Waals surface area (Å²) in [5.74, 6) is -2.51. The maximum atomic E-state index is 10.6. The second kappa shape index (κ2) is 5.17. The summed E-state index contributed by atoms with van der Waals surface area (Å²) in [6, 6.07) is 0. The van der Waals surface area contributed by atoms with Gasteiger partial charge >= 0.3 is 11.9 Å². The van der Waals surface area contributed by atoms with Crippen LogP contribution >= 0.6 is 0 Å². The number of rotatable bonds is 3. The Bertz CT molecular complexity index is 206. The third-order valence-corrected chi connectivity index (χ3v) is 0.936. The molecule has 0 spiro atoms. The monoisotopic (exact) mass is 174 g/mol. The summed E-state index contributed by atoms with van der Waals surface area (Å²) in [5.41, 5.74) is 0. The van der Waals surface area contributed by atoms with E-state index < -0.39 is 17.7 Å². The van der Waals surface area contributed by atoms with Crippen molar-refractivity contribution in [2.75, 3.05) is 13.7 Å². The lowest BCUT2D eigenvalue weighted by Gasteiger charge is -1.97. The largest absolute Gasteiger partial charge is 0.502 e. The first-order chi connectivity index (χ1) is 5.61. The molecule has 0 aromatic heterocycles. The van der Waals surface area contributed by atoms with Crippen molar-refractivity contribution in [2.45, 2.75) is 6.92 Å². The van der Waals surface area contributed by atoms with Crippen molar-refractivity contribution in [3.63, 3.8) is 0 Å². The Balaban J connectivity index is 4.15. The fourth-order valence-electron chi connectivity index (χ4n) is 0.459. The second-order valence-corrected chi connectivity index (χ2v) is 1.77. The highest BCUT2D eigenvalue weighted by Crippen LogP contribution is 1.92.